The minimum Gasteiger partial charge on any atom is -0.454 e. The van der Waals surface area contributed by atoms with Crippen LogP contribution in [0.4, 0.5) is 11.4 Å². The highest BCUT2D eigenvalue weighted by molar-refractivity contribution is 5.94. The van der Waals surface area contributed by atoms with Gasteiger partial charge in [-0.25, -0.2) is 0 Å². The number of fused-ring (bicyclic) bond motifs is 2. The molecule has 0 N–H and O–H groups in total. The number of nitro benzene ring substituents is 1. The third kappa shape index (κ3) is 2.77. The van der Waals surface area contributed by atoms with Crippen LogP contribution in [0.25, 0.3) is 10.9 Å². The van der Waals surface area contributed by atoms with Gasteiger partial charge in [-0.05, 0) is 48.9 Å². The smallest absolute Gasteiger partial charge is 0.301 e. The molecule has 1 aliphatic heterocycles. The molecular formula is C19H17N3O4. The standard InChI is InChI=1S/C19H17N3O4/c1-2-21(11-13-5-8-17-18(10-13)26-12-25-17)16-7-6-15-14(4-3-9-20-15)19(16)22(23)24/h3-10H,2,11-12H2,1H3. The molecule has 0 saturated heterocycles. The number of ether oxygens (including phenoxy) is 2. The number of nitro groups is 1. The normalized spacial score (nSPS) is 12.3. The molecule has 26 heavy (non-hydrogen) atoms. The van der Waals surface area contributed by atoms with Crippen LogP contribution in [0.3, 0.4) is 0 Å². The lowest BCUT2D eigenvalue weighted by Crippen LogP contribution is -2.23. The Morgan fingerprint density at radius 3 is 2.85 bits per heavy atom. The lowest BCUT2D eigenvalue weighted by Gasteiger charge is -2.23. The minimum atomic E-state index is -0.332. The minimum absolute atomic E-state index is 0.0817. The summed E-state index contributed by atoms with van der Waals surface area (Å²) in [4.78, 5) is 17.6. The molecule has 2 aromatic carbocycles. The largest absolute Gasteiger partial charge is 0.454 e. The third-order valence-electron chi connectivity index (χ3n) is 4.45. The topological polar surface area (TPSA) is 77.7 Å². The first-order valence-electron chi connectivity index (χ1n) is 8.33. The van der Waals surface area contributed by atoms with Gasteiger partial charge in [0.1, 0.15) is 5.69 Å². The Bertz CT molecular complexity index is 990. The summed E-state index contributed by atoms with van der Waals surface area (Å²) in [5.41, 5.74) is 2.27. The molecule has 0 saturated carbocycles. The van der Waals surface area contributed by atoms with Gasteiger partial charge in [0.05, 0.1) is 15.8 Å². The molecule has 0 fully saturated rings. The predicted molar refractivity (Wildman–Crippen MR) is 97.7 cm³/mol. The van der Waals surface area contributed by atoms with Gasteiger partial charge in [-0.3, -0.25) is 15.1 Å². The monoisotopic (exact) mass is 351 g/mol. The molecule has 7 heteroatoms. The first kappa shape index (κ1) is 16.1. The summed E-state index contributed by atoms with van der Waals surface area (Å²) >= 11 is 0. The lowest BCUT2D eigenvalue weighted by atomic mass is 10.1. The summed E-state index contributed by atoms with van der Waals surface area (Å²) in [6.07, 6.45) is 1.63. The highest BCUT2D eigenvalue weighted by Gasteiger charge is 2.23. The highest BCUT2D eigenvalue weighted by atomic mass is 16.7. The van der Waals surface area contributed by atoms with Crippen LogP contribution >= 0.6 is 0 Å². The van der Waals surface area contributed by atoms with E-state index in [1.54, 1.807) is 24.4 Å². The molecule has 1 aliphatic rings. The SMILES string of the molecule is CCN(Cc1ccc2c(c1)OCO2)c1ccc2ncccc2c1[N+](=O)[O-]. The van der Waals surface area contributed by atoms with E-state index in [9.17, 15) is 10.1 Å². The molecule has 7 nitrogen and oxygen atoms in total. The number of aromatic nitrogens is 1. The van der Waals surface area contributed by atoms with E-state index in [0.29, 0.717) is 35.4 Å². The van der Waals surface area contributed by atoms with Gasteiger partial charge < -0.3 is 14.4 Å². The van der Waals surface area contributed by atoms with Crippen molar-refractivity contribution < 1.29 is 14.4 Å². The van der Waals surface area contributed by atoms with E-state index >= 15 is 0 Å². The van der Waals surface area contributed by atoms with Gasteiger partial charge in [0.25, 0.3) is 0 Å². The summed E-state index contributed by atoms with van der Waals surface area (Å²) in [6, 6.07) is 12.8. The summed E-state index contributed by atoms with van der Waals surface area (Å²) in [7, 11) is 0. The average molecular weight is 351 g/mol. The van der Waals surface area contributed by atoms with Gasteiger partial charge in [-0.15, -0.1) is 0 Å². The molecule has 0 bridgehead atoms. The van der Waals surface area contributed by atoms with E-state index in [1.165, 1.54) is 0 Å². The molecule has 0 amide bonds. The van der Waals surface area contributed by atoms with Crippen LogP contribution in [0.5, 0.6) is 11.5 Å². The van der Waals surface area contributed by atoms with Crippen molar-refractivity contribution in [2.45, 2.75) is 13.5 Å². The molecule has 132 valence electrons. The highest BCUT2D eigenvalue weighted by Crippen LogP contribution is 2.37. The summed E-state index contributed by atoms with van der Waals surface area (Å²) in [5, 5.41) is 12.3. The summed E-state index contributed by atoms with van der Waals surface area (Å²) < 4.78 is 10.8. The molecule has 0 radical (unpaired) electrons. The van der Waals surface area contributed by atoms with Gasteiger partial charge in [0.2, 0.25) is 6.79 Å². The number of nitrogens with zero attached hydrogens (tertiary/aromatic N) is 3. The summed E-state index contributed by atoms with van der Waals surface area (Å²) in [5.74, 6) is 1.43. The van der Waals surface area contributed by atoms with Crippen LogP contribution in [0.2, 0.25) is 0 Å². The zero-order valence-electron chi connectivity index (χ0n) is 14.2. The van der Waals surface area contributed by atoms with Crippen molar-refractivity contribution in [3.05, 3.63) is 64.3 Å². The van der Waals surface area contributed by atoms with Crippen molar-refractivity contribution >= 4 is 22.3 Å². The number of hydrogen-bond donors (Lipinski definition) is 0. The van der Waals surface area contributed by atoms with Crippen molar-refractivity contribution in [2.24, 2.45) is 0 Å². The molecule has 0 aliphatic carbocycles. The Morgan fingerprint density at radius 2 is 2.04 bits per heavy atom. The molecular weight excluding hydrogens is 334 g/mol. The van der Waals surface area contributed by atoms with Crippen molar-refractivity contribution in [1.82, 2.24) is 4.98 Å². The maximum absolute atomic E-state index is 11.8. The first-order valence-corrected chi connectivity index (χ1v) is 8.33. The number of pyridine rings is 1. The van der Waals surface area contributed by atoms with Gasteiger partial charge in [-0.1, -0.05) is 6.07 Å². The number of benzene rings is 2. The Labute approximate surface area is 149 Å². The quantitative estimate of drug-likeness (QED) is 0.512. The lowest BCUT2D eigenvalue weighted by molar-refractivity contribution is -0.382. The van der Waals surface area contributed by atoms with Crippen LogP contribution in [0.1, 0.15) is 12.5 Å². The third-order valence-corrected chi connectivity index (χ3v) is 4.45. The Kier molecular flexibility index (Phi) is 4.04. The molecule has 0 atom stereocenters. The van der Waals surface area contributed by atoms with Crippen molar-refractivity contribution in [1.29, 1.82) is 0 Å². The zero-order chi connectivity index (χ0) is 18.1. The number of hydrogen-bond acceptors (Lipinski definition) is 6. The van der Waals surface area contributed by atoms with E-state index in [2.05, 4.69) is 4.98 Å². The fourth-order valence-electron chi connectivity index (χ4n) is 3.20. The second-order valence-corrected chi connectivity index (χ2v) is 5.96. The first-order chi connectivity index (χ1) is 12.7. The molecule has 4 rings (SSSR count). The zero-order valence-corrected chi connectivity index (χ0v) is 14.2. The molecule has 1 aromatic heterocycles. The van der Waals surface area contributed by atoms with Crippen molar-refractivity contribution in [3.63, 3.8) is 0 Å². The van der Waals surface area contributed by atoms with Crippen LogP contribution < -0.4 is 14.4 Å². The Morgan fingerprint density at radius 1 is 1.19 bits per heavy atom. The molecule has 2 heterocycles. The van der Waals surface area contributed by atoms with Crippen LogP contribution in [0, 0.1) is 10.1 Å². The number of rotatable bonds is 5. The van der Waals surface area contributed by atoms with Crippen molar-refractivity contribution in [2.75, 3.05) is 18.2 Å². The van der Waals surface area contributed by atoms with Crippen LogP contribution in [-0.2, 0) is 6.54 Å². The maximum Gasteiger partial charge on any atom is 0.301 e. The fraction of sp³-hybridized carbons (Fsp3) is 0.211. The van der Waals surface area contributed by atoms with Crippen LogP contribution in [-0.4, -0.2) is 23.2 Å². The fourth-order valence-corrected chi connectivity index (χ4v) is 3.20. The maximum atomic E-state index is 11.8. The van der Waals surface area contributed by atoms with Gasteiger partial charge in [0.15, 0.2) is 11.5 Å². The summed E-state index contributed by atoms with van der Waals surface area (Å²) in [6.45, 7) is 3.35. The second-order valence-electron chi connectivity index (χ2n) is 5.96. The van der Waals surface area contributed by atoms with Crippen molar-refractivity contribution in [3.8, 4) is 11.5 Å². The van der Waals surface area contributed by atoms with E-state index in [4.69, 9.17) is 9.47 Å². The molecule has 0 unspecified atom stereocenters. The van der Waals surface area contributed by atoms with Gasteiger partial charge in [-0.2, -0.15) is 0 Å². The average Bonchev–Trinajstić information content (AvgIpc) is 3.12. The van der Waals surface area contributed by atoms with E-state index < -0.39 is 0 Å². The van der Waals surface area contributed by atoms with E-state index in [0.717, 1.165) is 11.3 Å². The predicted octanol–water partition coefficient (Wildman–Crippen LogP) is 3.90. The van der Waals surface area contributed by atoms with Gasteiger partial charge in [0, 0.05) is 19.3 Å². The molecule has 3 aromatic rings. The Balaban J connectivity index is 1.74. The molecule has 0 spiro atoms. The number of anilines is 1. The van der Waals surface area contributed by atoms with Gasteiger partial charge >= 0.3 is 5.69 Å². The van der Waals surface area contributed by atoms with E-state index in [-0.39, 0.29) is 17.4 Å². The van der Waals surface area contributed by atoms with Crippen LogP contribution in [0.15, 0.2) is 48.7 Å². The second kappa shape index (κ2) is 6.51. The van der Waals surface area contributed by atoms with E-state index in [1.807, 2.05) is 36.1 Å². The Hall–Kier alpha value is -3.35.